The van der Waals surface area contributed by atoms with Crippen molar-refractivity contribution in [2.24, 2.45) is 11.8 Å². The fourth-order valence-electron chi connectivity index (χ4n) is 1.14. The van der Waals surface area contributed by atoms with Gasteiger partial charge in [-0.3, -0.25) is 4.79 Å². The van der Waals surface area contributed by atoms with Crippen molar-refractivity contribution < 1.29 is 23.4 Å². The molecule has 1 fully saturated rings. The van der Waals surface area contributed by atoms with Crippen LogP contribution in [0.25, 0.3) is 0 Å². The number of alkyl halides is 2. The van der Waals surface area contributed by atoms with E-state index in [-0.39, 0.29) is 6.61 Å². The van der Waals surface area contributed by atoms with Gasteiger partial charge in [0, 0.05) is 6.92 Å². The largest absolute Gasteiger partial charge is 0.465 e. The molecule has 1 saturated carbocycles. The molecule has 3 nitrogen and oxygen atoms in total. The number of aliphatic hydroxyl groups is 1. The second kappa shape index (κ2) is 2.97. The number of esters is 1. The van der Waals surface area contributed by atoms with Gasteiger partial charge in [-0.15, -0.1) is 0 Å². The maximum Gasteiger partial charge on any atom is 0.302 e. The van der Waals surface area contributed by atoms with E-state index in [0.29, 0.717) is 0 Å². The minimum Gasteiger partial charge on any atom is -0.465 e. The van der Waals surface area contributed by atoms with E-state index in [4.69, 9.17) is 5.11 Å². The van der Waals surface area contributed by atoms with Gasteiger partial charge in [0.1, 0.15) is 6.61 Å². The van der Waals surface area contributed by atoms with Crippen LogP contribution in [0.3, 0.4) is 0 Å². The van der Waals surface area contributed by atoms with E-state index in [9.17, 15) is 13.6 Å². The number of hydrogen-bond acceptors (Lipinski definition) is 3. The van der Waals surface area contributed by atoms with Gasteiger partial charge < -0.3 is 9.84 Å². The van der Waals surface area contributed by atoms with Crippen LogP contribution in [0.2, 0.25) is 0 Å². The number of carbonyl (C=O) groups is 1. The Bertz CT molecular complexity index is 193. The molecule has 0 aliphatic heterocycles. The van der Waals surface area contributed by atoms with Gasteiger partial charge in [0.05, 0.1) is 18.4 Å². The van der Waals surface area contributed by atoms with Crippen LogP contribution in [0.15, 0.2) is 0 Å². The van der Waals surface area contributed by atoms with Crippen molar-refractivity contribution >= 4 is 5.97 Å². The molecule has 0 aromatic heterocycles. The minimum atomic E-state index is -2.86. The van der Waals surface area contributed by atoms with Gasteiger partial charge in [0.15, 0.2) is 0 Å². The zero-order chi connectivity index (χ0) is 9.35. The summed E-state index contributed by atoms with van der Waals surface area (Å²) in [6.45, 7) is 0.307. The third kappa shape index (κ3) is 1.55. The van der Waals surface area contributed by atoms with E-state index in [1.807, 2.05) is 0 Å². The Labute approximate surface area is 68.3 Å². The van der Waals surface area contributed by atoms with E-state index < -0.39 is 30.3 Å². The smallest absolute Gasteiger partial charge is 0.302 e. The highest BCUT2D eigenvalue weighted by Gasteiger charge is 2.68. The average Bonchev–Trinajstić information content (AvgIpc) is 2.48. The first kappa shape index (κ1) is 9.38. The lowest BCUT2D eigenvalue weighted by atomic mass is 10.3. The zero-order valence-corrected chi connectivity index (χ0v) is 6.59. The van der Waals surface area contributed by atoms with E-state index in [1.165, 1.54) is 0 Å². The number of ether oxygens (including phenoxy) is 1. The fraction of sp³-hybridized carbons (Fsp3) is 0.857. The van der Waals surface area contributed by atoms with Crippen LogP contribution in [-0.4, -0.2) is 30.2 Å². The maximum atomic E-state index is 12.6. The first-order chi connectivity index (χ1) is 5.50. The summed E-state index contributed by atoms with van der Waals surface area (Å²) >= 11 is 0. The standard InChI is InChI=1S/C7H10F2O3/c1-4(11)12-3-6-5(2-10)7(6,8)9/h5-6,10H,2-3H2,1H3/t5-,6+/m0/s1. The zero-order valence-electron chi connectivity index (χ0n) is 6.59. The highest BCUT2D eigenvalue weighted by Crippen LogP contribution is 2.54. The van der Waals surface area contributed by atoms with Crippen molar-refractivity contribution in [1.82, 2.24) is 0 Å². The van der Waals surface area contributed by atoms with Crippen molar-refractivity contribution in [3.8, 4) is 0 Å². The summed E-state index contributed by atoms with van der Waals surface area (Å²) in [5.74, 6) is -5.46. The molecule has 1 aliphatic rings. The van der Waals surface area contributed by atoms with Crippen molar-refractivity contribution in [2.45, 2.75) is 12.8 Å². The summed E-state index contributed by atoms with van der Waals surface area (Å²) in [5, 5.41) is 8.46. The molecule has 2 atom stereocenters. The fourth-order valence-corrected chi connectivity index (χ4v) is 1.14. The topological polar surface area (TPSA) is 46.5 Å². The van der Waals surface area contributed by atoms with E-state index in [0.717, 1.165) is 6.92 Å². The van der Waals surface area contributed by atoms with Crippen LogP contribution < -0.4 is 0 Å². The second-order valence-electron chi connectivity index (χ2n) is 2.87. The first-order valence-corrected chi connectivity index (χ1v) is 3.62. The highest BCUT2D eigenvalue weighted by atomic mass is 19.3. The van der Waals surface area contributed by atoms with Gasteiger partial charge >= 0.3 is 5.97 Å². The molecule has 0 unspecified atom stereocenters. The van der Waals surface area contributed by atoms with Gasteiger partial charge in [-0.05, 0) is 0 Å². The Hall–Kier alpha value is -0.710. The van der Waals surface area contributed by atoms with Crippen LogP contribution in [-0.2, 0) is 9.53 Å². The molecule has 1 rings (SSSR count). The third-order valence-corrected chi connectivity index (χ3v) is 2.03. The van der Waals surface area contributed by atoms with E-state index in [1.54, 1.807) is 0 Å². The summed E-state index contributed by atoms with van der Waals surface area (Å²) in [6.07, 6.45) is 0. The molecule has 5 heteroatoms. The van der Waals surface area contributed by atoms with Gasteiger partial charge in [-0.2, -0.15) is 0 Å². The van der Waals surface area contributed by atoms with Crippen molar-refractivity contribution in [2.75, 3.05) is 13.2 Å². The lowest BCUT2D eigenvalue weighted by Crippen LogP contribution is -2.06. The third-order valence-electron chi connectivity index (χ3n) is 2.03. The first-order valence-electron chi connectivity index (χ1n) is 3.62. The van der Waals surface area contributed by atoms with Crippen LogP contribution in [0.4, 0.5) is 8.78 Å². The van der Waals surface area contributed by atoms with Crippen LogP contribution in [0.5, 0.6) is 0 Å². The molecule has 0 aromatic carbocycles. The number of hydrogen-bond donors (Lipinski definition) is 1. The predicted molar refractivity (Wildman–Crippen MR) is 35.6 cm³/mol. The Balaban J connectivity index is 2.32. The quantitative estimate of drug-likeness (QED) is 0.640. The molecule has 1 N–H and O–H groups in total. The summed E-state index contributed by atoms with van der Waals surface area (Å²) in [6, 6.07) is 0. The molecule has 0 saturated heterocycles. The monoisotopic (exact) mass is 180 g/mol. The van der Waals surface area contributed by atoms with Crippen LogP contribution >= 0.6 is 0 Å². The molecule has 1 aliphatic carbocycles. The Morgan fingerprint density at radius 3 is 2.50 bits per heavy atom. The van der Waals surface area contributed by atoms with Gasteiger partial charge in [0.2, 0.25) is 0 Å². The normalized spacial score (nSPS) is 31.3. The minimum absolute atomic E-state index is 0.298. The molecule has 70 valence electrons. The molecule has 0 radical (unpaired) electrons. The van der Waals surface area contributed by atoms with Gasteiger partial charge in [0.25, 0.3) is 5.92 Å². The van der Waals surface area contributed by atoms with Crippen molar-refractivity contribution in [3.05, 3.63) is 0 Å². The van der Waals surface area contributed by atoms with Crippen LogP contribution in [0, 0.1) is 11.8 Å². The maximum absolute atomic E-state index is 12.6. The van der Waals surface area contributed by atoms with Gasteiger partial charge in [-0.1, -0.05) is 0 Å². The Morgan fingerprint density at radius 1 is 1.58 bits per heavy atom. The van der Waals surface area contributed by atoms with Crippen LogP contribution in [0.1, 0.15) is 6.92 Å². The van der Waals surface area contributed by atoms with Gasteiger partial charge in [-0.25, -0.2) is 8.78 Å². The SMILES string of the molecule is CC(=O)OC[C@@H]1[C@H](CO)C1(F)F. The van der Waals surface area contributed by atoms with Crippen molar-refractivity contribution in [3.63, 3.8) is 0 Å². The lowest BCUT2D eigenvalue weighted by molar-refractivity contribution is -0.142. The molecule has 0 amide bonds. The predicted octanol–water partition coefficient (Wildman–Crippen LogP) is 0.423. The Morgan fingerprint density at radius 2 is 2.17 bits per heavy atom. The summed E-state index contributed by atoms with van der Waals surface area (Å²) in [4.78, 5) is 10.3. The lowest BCUT2D eigenvalue weighted by Gasteiger charge is -1.98. The van der Waals surface area contributed by atoms with E-state index in [2.05, 4.69) is 4.74 Å². The highest BCUT2D eigenvalue weighted by molar-refractivity contribution is 5.65. The molecule has 0 heterocycles. The molecular formula is C7H10F2O3. The summed E-state index contributed by atoms with van der Waals surface area (Å²) < 4.78 is 29.5. The number of aliphatic hydroxyl groups excluding tert-OH is 1. The summed E-state index contributed by atoms with van der Waals surface area (Å²) in [7, 11) is 0. The molecular weight excluding hydrogens is 170 g/mol. The van der Waals surface area contributed by atoms with Crippen molar-refractivity contribution in [1.29, 1.82) is 0 Å². The summed E-state index contributed by atoms with van der Waals surface area (Å²) in [5.41, 5.74) is 0. The number of rotatable bonds is 3. The second-order valence-corrected chi connectivity index (χ2v) is 2.87. The molecule has 0 spiro atoms. The van der Waals surface area contributed by atoms with E-state index >= 15 is 0 Å². The number of carbonyl (C=O) groups excluding carboxylic acids is 1. The number of halogens is 2. The molecule has 12 heavy (non-hydrogen) atoms. The Kier molecular flexibility index (Phi) is 2.32. The molecule has 0 bridgehead atoms. The molecule has 0 aromatic rings. The average molecular weight is 180 g/mol.